The molecule has 1 saturated heterocycles. The molecule has 1 aliphatic heterocycles. The molecule has 0 aromatic carbocycles. The molecule has 1 aromatic rings. The minimum Gasteiger partial charge on any atom is -0.329 e. The molecular formula is C14H23N3. The predicted molar refractivity (Wildman–Crippen MR) is 70.6 cm³/mol. The highest BCUT2D eigenvalue weighted by molar-refractivity contribution is 5.15. The van der Waals surface area contributed by atoms with Gasteiger partial charge in [-0.25, -0.2) is 0 Å². The van der Waals surface area contributed by atoms with Gasteiger partial charge in [0.25, 0.3) is 0 Å². The van der Waals surface area contributed by atoms with Crippen molar-refractivity contribution in [2.24, 2.45) is 11.7 Å². The number of aromatic nitrogens is 1. The van der Waals surface area contributed by atoms with Crippen LogP contribution in [0, 0.1) is 5.92 Å². The van der Waals surface area contributed by atoms with Gasteiger partial charge in [0.2, 0.25) is 0 Å². The number of nitrogens with two attached hydrogens (primary N) is 1. The van der Waals surface area contributed by atoms with Crippen molar-refractivity contribution in [3.63, 3.8) is 0 Å². The van der Waals surface area contributed by atoms with E-state index in [9.17, 15) is 0 Å². The standard InChI is InChI=1S/C14H23N3/c1-12-3-2-9-17(10-6-12)14(11-15)13-4-7-16-8-5-13/h4-5,7-8,12,14H,2-3,6,9-11,15H2,1H3. The third-order valence-electron chi connectivity index (χ3n) is 3.81. The van der Waals surface area contributed by atoms with Crippen molar-refractivity contribution >= 4 is 0 Å². The fourth-order valence-electron chi connectivity index (χ4n) is 2.68. The van der Waals surface area contributed by atoms with Gasteiger partial charge in [-0.05, 0) is 56.0 Å². The number of rotatable bonds is 3. The first kappa shape index (κ1) is 12.5. The number of pyridine rings is 1. The molecule has 0 radical (unpaired) electrons. The third kappa shape index (κ3) is 3.27. The van der Waals surface area contributed by atoms with Crippen molar-refractivity contribution < 1.29 is 0 Å². The largest absolute Gasteiger partial charge is 0.329 e. The Morgan fingerprint density at radius 1 is 1.35 bits per heavy atom. The second kappa shape index (κ2) is 6.12. The Morgan fingerprint density at radius 2 is 2.12 bits per heavy atom. The van der Waals surface area contributed by atoms with Crippen LogP contribution in [-0.2, 0) is 0 Å². The quantitative estimate of drug-likeness (QED) is 0.870. The van der Waals surface area contributed by atoms with Crippen LogP contribution in [0.4, 0.5) is 0 Å². The van der Waals surface area contributed by atoms with Crippen LogP contribution in [0.25, 0.3) is 0 Å². The van der Waals surface area contributed by atoms with E-state index >= 15 is 0 Å². The maximum atomic E-state index is 5.96. The van der Waals surface area contributed by atoms with Crippen molar-refractivity contribution in [2.45, 2.75) is 32.2 Å². The normalized spacial score (nSPS) is 24.2. The van der Waals surface area contributed by atoms with Crippen LogP contribution >= 0.6 is 0 Å². The summed E-state index contributed by atoms with van der Waals surface area (Å²) in [6.45, 7) is 5.39. The number of hydrogen-bond acceptors (Lipinski definition) is 3. The van der Waals surface area contributed by atoms with Gasteiger partial charge in [0.1, 0.15) is 0 Å². The summed E-state index contributed by atoms with van der Waals surface area (Å²) in [6.07, 6.45) is 7.66. The van der Waals surface area contributed by atoms with E-state index in [1.807, 2.05) is 12.4 Å². The van der Waals surface area contributed by atoms with E-state index in [1.54, 1.807) is 0 Å². The van der Waals surface area contributed by atoms with Gasteiger partial charge in [-0.2, -0.15) is 0 Å². The lowest BCUT2D eigenvalue weighted by Crippen LogP contribution is -2.34. The van der Waals surface area contributed by atoms with Crippen LogP contribution in [0.1, 0.15) is 37.8 Å². The van der Waals surface area contributed by atoms with Gasteiger partial charge in [-0.1, -0.05) is 6.92 Å². The van der Waals surface area contributed by atoms with Gasteiger partial charge in [-0.3, -0.25) is 9.88 Å². The number of likely N-dealkylation sites (tertiary alicyclic amines) is 1. The highest BCUT2D eigenvalue weighted by Gasteiger charge is 2.21. The Bertz CT molecular complexity index is 325. The summed E-state index contributed by atoms with van der Waals surface area (Å²) >= 11 is 0. The highest BCUT2D eigenvalue weighted by atomic mass is 15.2. The van der Waals surface area contributed by atoms with E-state index < -0.39 is 0 Å². The van der Waals surface area contributed by atoms with Crippen LogP contribution in [-0.4, -0.2) is 29.5 Å². The zero-order valence-corrected chi connectivity index (χ0v) is 10.7. The first-order valence-electron chi connectivity index (χ1n) is 6.65. The lowest BCUT2D eigenvalue weighted by Gasteiger charge is -2.30. The summed E-state index contributed by atoms with van der Waals surface area (Å²) in [6, 6.07) is 4.54. The average Bonchev–Trinajstić information content (AvgIpc) is 2.57. The molecule has 1 aromatic heterocycles. The van der Waals surface area contributed by atoms with E-state index in [0.29, 0.717) is 12.6 Å². The van der Waals surface area contributed by atoms with E-state index in [4.69, 9.17) is 5.73 Å². The van der Waals surface area contributed by atoms with Gasteiger partial charge >= 0.3 is 0 Å². The van der Waals surface area contributed by atoms with E-state index in [1.165, 1.54) is 37.9 Å². The lowest BCUT2D eigenvalue weighted by molar-refractivity contribution is 0.207. The molecule has 0 amide bonds. The van der Waals surface area contributed by atoms with Crippen LogP contribution < -0.4 is 5.73 Å². The minimum atomic E-state index is 0.364. The Morgan fingerprint density at radius 3 is 2.82 bits per heavy atom. The Balaban J connectivity index is 2.07. The summed E-state index contributed by atoms with van der Waals surface area (Å²) in [5.41, 5.74) is 7.26. The summed E-state index contributed by atoms with van der Waals surface area (Å²) in [4.78, 5) is 6.62. The smallest absolute Gasteiger partial charge is 0.0471 e. The fourth-order valence-corrected chi connectivity index (χ4v) is 2.68. The van der Waals surface area contributed by atoms with Crippen molar-refractivity contribution in [1.82, 2.24) is 9.88 Å². The molecule has 0 aliphatic carbocycles. The van der Waals surface area contributed by atoms with Crippen molar-refractivity contribution in [3.8, 4) is 0 Å². The van der Waals surface area contributed by atoms with Gasteiger partial charge in [0, 0.05) is 25.0 Å². The molecule has 1 aliphatic rings. The molecule has 0 spiro atoms. The first-order valence-corrected chi connectivity index (χ1v) is 6.65. The summed E-state index contributed by atoms with van der Waals surface area (Å²) in [7, 11) is 0. The Hall–Kier alpha value is -0.930. The monoisotopic (exact) mass is 233 g/mol. The lowest BCUT2D eigenvalue weighted by atomic mass is 10.0. The van der Waals surface area contributed by atoms with Crippen molar-refractivity contribution in [1.29, 1.82) is 0 Å². The number of nitrogens with zero attached hydrogens (tertiary/aromatic N) is 2. The second-order valence-corrected chi connectivity index (χ2v) is 5.10. The molecule has 0 bridgehead atoms. The predicted octanol–water partition coefficient (Wildman–Crippen LogP) is 2.20. The first-order chi connectivity index (χ1) is 8.31. The zero-order chi connectivity index (χ0) is 12.1. The summed E-state index contributed by atoms with van der Waals surface area (Å²) < 4.78 is 0. The van der Waals surface area contributed by atoms with Crippen LogP contribution in [0.5, 0.6) is 0 Å². The Labute approximate surface area is 104 Å². The number of hydrogen-bond donors (Lipinski definition) is 1. The van der Waals surface area contributed by atoms with Gasteiger partial charge < -0.3 is 5.73 Å². The molecule has 2 N–H and O–H groups in total. The maximum Gasteiger partial charge on any atom is 0.0471 e. The molecule has 3 nitrogen and oxygen atoms in total. The maximum absolute atomic E-state index is 5.96. The van der Waals surface area contributed by atoms with E-state index in [-0.39, 0.29) is 0 Å². The molecular weight excluding hydrogens is 210 g/mol. The molecule has 2 atom stereocenters. The fraction of sp³-hybridized carbons (Fsp3) is 0.643. The zero-order valence-electron chi connectivity index (χ0n) is 10.7. The highest BCUT2D eigenvalue weighted by Crippen LogP contribution is 2.24. The molecule has 2 rings (SSSR count). The van der Waals surface area contributed by atoms with Gasteiger partial charge in [0.05, 0.1) is 0 Å². The SMILES string of the molecule is CC1CCCN(C(CN)c2ccncc2)CC1. The molecule has 2 heterocycles. The van der Waals surface area contributed by atoms with Crippen LogP contribution in [0.3, 0.4) is 0 Å². The van der Waals surface area contributed by atoms with E-state index in [2.05, 4.69) is 28.9 Å². The topological polar surface area (TPSA) is 42.1 Å². The molecule has 0 saturated carbocycles. The van der Waals surface area contributed by atoms with Crippen molar-refractivity contribution in [2.75, 3.05) is 19.6 Å². The summed E-state index contributed by atoms with van der Waals surface area (Å²) in [5, 5.41) is 0. The van der Waals surface area contributed by atoms with Crippen LogP contribution in [0.2, 0.25) is 0 Å². The molecule has 3 heteroatoms. The minimum absolute atomic E-state index is 0.364. The third-order valence-corrected chi connectivity index (χ3v) is 3.81. The van der Waals surface area contributed by atoms with Crippen LogP contribution in [0.15, 0.2) is 24.5 Å². The van der Waals surface area contributed by atoms with Gasteiger partial charge in [0.15, 0.2) is 0 Å². The molecule has 94 valence electrons. The average molecular weight is 233 g/mol. The van der Waals surface area contributed by atoms with Crippen molar-refractivity contribution in [3.05, 3.63) is 30.1 Å². The summed E-state index contributed by atoms with van der Waals surface area (Å²) in [5.74, 6) is 0.857. The second-order valence-electron chi connectivity index (χ2n) is 5.10. The molecule has 17 heavy (non-hydrogen) atoms. The van der Waals surface area contributed by atoms with Gasteiger partial charge in [-0.15, -0.1) is 0 Å². The molecule has 2 unspecified atom stereocenters. The van der Waals surface area contributed by atoms with E-state index in [0.717, 1.165) is 5.92 Å². The Kier molecular flexibility index (Phi) is 4.51. The molecule has 1 fully saturated rings.